The maximum atomic E-state index is 12.4. The van der Waals surface area contributed by atoms with E-state index in [2.05, 4.69) is 27.5 Å². The molecule has 2 amide bonds. The number of H-pyrrole nitrogens is 1. The average molecular weight is 405 g/mol. The predicted molar refractivity (Wildman–Crippen MR) is 113 cm³/mol. The molecule has 0 spiro atoms. The third-order valence-corrected chi connectivity index (χ3v) is 4.66. The van der Waals surface area contributed by atoms with Crippen LogP contribution >= 0.6 is 0 Å². The van der Waals surface area contributed by atoms with Gasteiger partial charge in [-0.25, -0.2) is 14.6 Å². The fourth-order valence-corrected chi connectivity index (χ4v) is 3.13. The lowest BCUT2D eigenvalue weighted by Gasteiger charge is -2.15. The van der Waals surface area contributed by atoms with Crippen LogP contribution in [0.4, 0.5) is 10.5 Å². The van der Waals surface area contributed by atoms with Crippen molar-refractivity contribution in [3.63, 3.8) is 0 Å². The summed E-state index contributed by atoms with van der Waals surface area (Å²) in [5, 5.41) is 23.6. The Balaban J connectivity index is 1.66. The number of nitriles is 1. The van der Waals surface area contributed by atoms with Crippen LogP contribution in [-0.4, -0.2) is 33.1 Å². The van der Waals surface area contributed by atoms with E-state index < -0.39 is 18.0 Å². The lowest BCUT2D eigenvalue weighted by Crippen LogP contribution is -2.44. The molecule has 8 nitrogen and oxygen atoms in total. The number of aromatic nitrogens is 2. The van der Waals surface area contributed by atoms with E-state index in [0.29, 0.717) is 16.8 Å². The Kier molecular flexibility index (Phi) is 6.65. The minimum absolute atomic E-state index is 0.0681. The first-order valence-electron chi connectivity index (χ1n) is 9.76. The minimum atomic E-state index is -1.16. The van der Waals surface area contributed by atoms with Crippen molar-refractivity contribution in [1.29, 1.82) is 5.26 Å². The topological polar surface area (TPSA) is 131 Å². The Morgan fingerprint density at radius 3 is 2.83 bits per heavy atom. The Morgan fingerprint density at radius 2 is 2.10 bits per heavy atom. The summed E-state index contributed by atoms with van der Waals surface area (Å²) < 4.78 is 0. The second-order valence-corrected chi connectivity index (χ2v) is 7.02. The molecule has 1 aromatic heterocycles. The van der Waals surface area contributed by atoms with Crippen molar-refractivity contribution in [2.24, 2.45) is 0 Å². The molecule has 3 aromatic rings. The van der Waals surface area contributed by atoms with Crippen LogP contribution < -0.4 is 10.6 Å². The largest absolute Gasteiger partial charge is 0.480 e. The van der Waals surface area contributed by atoms with E-state index in [9.17, 15) is 14.7 Å². The molecule has 0 aliphatic rings. The molecule has 0 saturated heterocycles. The Labute approximate surface area is 173 Å². The molecule has 0 aliphatic carbocycles. The number of carbonyl (C=O) groups is 2. The highest BCUT2D eigenvalue weighted by Gasteiger charge is 2.21. The third-order valence-electron chi connectivity index (χ3n) is 4.66. The summed E-state index contributed by atoms with van der Waals surface area (Å²) in [6.45, 7) is 2.12. The SMILES string of the molecule is CCCCc1nc2ccc(NC(=O)N[C@H](Cc3cccc(C#N)c3)C(=O)O)cc2[nH]1. The van der Waals surface area contributed by atoms with Crippen molar-refractivity contribution in [2.75, 3.05) is 5.32 Å². The summed E-state index contributed by atoms with van der Waals surface area (Å²) in [5.74, 6) is -0.254. The van der Waals surface area contributed by atoms with Gasteiger partial charge >= 0.3 is 12.0 Å². The standard InChI is InChI=1S/C22H23N5O3/c1-2-3-7-20-25-17-9-8-16(12-18(17)26-20)24-22(30)27-19(21(28)29)11-14-5-4-6-15(10-14)13-23/h4-6,8-10,12,19H,2-3,7,11H2,1H3,(H,25,26)(H,28,29)(H2,24,27,30)/t19-/m1/s1. The highest BCUT2D eigenvalue weighted by molar-refractivity contribution is 5.94. The number of aliphatic carboxylic acids is 1. The summed E-state index contributed by atoms with van der Waals surface area (Å²) in [6, 6.07) is 12.2. The van der Waals surface area contributed by atoms with Crippen molar-refractivity contribution < 1.29 is 14.7 Å². The molecule has 0 radical (unpaired) electrons. The van der Waals surface area contributed by atoms with E-state index in [0.717, 1.165) is 36.1 Å². The number of nitrogens with zero attached hydrogens (tertiary/aromatic N) is 2. The van der Waals surface area contributed by atoms with Gasteiger partial charge in [-0.05, 0) is 42.3 Å². The molecule has 0 saturated carbocycles. The zero-order valence-corrected chi connectivity index (χ0v) is 16.6. The molecule has 3 rings (SSSR count). The smallest absolute Gasteiger partial charge is 0.326 e. The molecule has 8 heteroatoms. The Bertz CT molecular complexity index is 1100. The number of hydrogen-bond acceptors (Lipinski definition) is 4. The number of unbranched alkanes of at least 4 members (excludes halogenated alkanes) is 1. The van der Waals surface area contributed by atoms with E-state index >= 15 is 0 Å². The number of carbonyl (C=O) groups excluding carboxylic acids is 1. The molecule has 1 heterocycles. The van der Waals surface area contributed by atoms with Gasteiger partial charge < -0.3 is 20.7 Å². The molecule has 4 N–H and O–H groups in total. The van der Waals surface area contributed by atoms with Gasteiger partial charge in [0.25, 0.3) is 0 Å². The second kappa shape index (κ2) is 9.56. The summed E-state index contributed by atoms with van der Waals surface area (Å²) in [6.07, 6.45) is 3.05. The molecule has 1 atom stereocenters. The predicted octanol–water partition coefficient (Wildman–Crippen LogP) is 3.59. The quantitative estimate of drug-likeness (QED) is 0.455. The number of benzene rings is 2. The molecule has 0 unspecified atom stereocenters. The average Bonchev–Trinajstić information content (AvgIpc) is 3.14. The van der Waals surface area contributed by atoms with Gasteiger partial charge in [0.1, 0.15) is 11.9 Å². The second-order valence-electron chi connectivity index (χ2n) is 7.02. The molecule has 0 aliphatic heterocycles. The number of rotatable bonds is 8. The van der Waals surface area contributed by atoms with Crippen LogP contribution in [0.1, 0.15) is 36.7 Å². The number of urea groups is 1. The number of imidazole rings is 1. The van der Waals surface area contributed by atoms with Crippen molar-refractivity contribution in [3.8, 4) is 6.07 Å². The highest BCUT2D eigenvalue weighted by Crippen LogP contribution is 2.18. The number of carboxylic acid groups (broad SMARTS) is 1. The molecule has 0 fully saturated rings. The van der Waals surface area contributed by atoms with Crippen LogP contribution in [0.15, 0.2) is 42.5 Å². The molecular formula is C22H23N5O3. The Morgan fingerprint density at radius 1 is 1.27 bits per heavy atom. The lowest BCUT2D eigenvalue weighted by molar-refractivity contribution is -0.139. The van der Waals surface area contributed by atoms with E-state index in [1.807, 2.05) is 6.07 Å². The first-order chi connectivity index (χ1) is 14.5. The molecule has 0 bridgehead atoms. The number of carboxylic acids is 1. The lowest BCUT2D eigenvalue weighted by atomic mass is 10.0. The van der Waals surface area contributed by atoms with Gasteiger partial charge in [0.05, 0.1) is 22.7 Å². The summed E-state index contributed by atoms with van der Waals surface area (Å²) in [7, 11) is 0. The zero-order chi connectivity index (χ0) is 21.5. The van der Waals surface area contributed by atoms with Crippen LogP contribution in [0, 0.1) is 11.3 Å². The van der Waals surface area contributed by atoms with Crippen molar-refractivity contribution in [2.45, 2.75) is 38.6 Å². The number of aromatic amines is 1. The molecular weight excluding hydrogens is 382 g/mol. The van der Waals surface area contributed by atoms with Crippen LogP contribution in [-0.2, 0) is 17.6 Å². The van der Waals surface area contributed by atoms with Gasteiger partial charge in [0.2, 0.25) is 0 Å². The number of amides is 2. The summed E-state index contributed by atoms with van der Waals surface area (Å²) in [4.78, 5) is 31.7. The van der Waals surface area contributed by atoms with Gasteiger partial charge in [0, 0.05) is 18.5 Å². The number of fused-ring (bicyclic) bond motifs is 1. The number of hydrogen-bond donors (Lipinski definition) is 4. The van der Waals surface area contributed by atoms with Crippen molar-refractivity contribution in [3.05, 3.63) is 59.4 Å². The monoisotopic (exact) mass is 405 g/mol. The maximum Gasteiger partial charge on any atom is 0.326 e. The number of nitrogens with one attached hydrogen (secondary N) is 3. The number of aryl methyl sites for hydroxylation is 1. The normalized spacial score (nSPS) is 11.6. The zero-order valence-electron chi connectivity index (χ0n) is 16.6. The van der Waals surface area contributed by atoms with Gasteiger partial charge in [-0.3, -0.25) is 0 Å². The van der Waals surface area contributed by atoms with E-state index in [1.54, 1.807) is 42.5 Å². The van der Waals surface area contributed by atoms with Crippen LogP contribution in [0.25, 0.3) is 11.0 Å². The fourth-order valence-electron chi connectivity index (χ4n) is 3.13. The maximum absolute atomic E-state index is 12.4. The first-order valence-corrected chi connectivity index (χ1v) is 9.76. The number of anilines is 1. The summed E-state index contributed by atoms with van der Waals surface area (Å²) in [5.41, 5.74) is 3.24. The van der Waals surface area contributed by atoms with E-state index in [-0.39, 0.29) is 6.42 Å². The first kappa shape index (κ1) is 20.9. The Hall–Kier alpha value is -3.86. The van der Waals surface area contributed by atoms with Crippen molar-refractivity contribution >= 4 is 28.7 Å². The fraction of sp³-hybridized carbons (Fsp3) is 0.273. The van der Waals surface area contributed by atoms with Gasteiger partial charge in [-0.2, -0.15) is 5.26 Å². The van der Waals surface area contributed by atoms with Gasteiger partial charge in [-0.1, -0.05) is 25.5 Å². The van der Waals surface area contributed by atoms with Gasteiger partial charge in [0.15, 0.2) is 0 Å². The van der Waals surface area contributed by atoms with Crippen LogP contribution in [0.2, 0.25) is 0 Å². The molecule has 30 heavy (non-hydrogen) atoms. The van der Waals surface area contributed by atoms with Crippen LogP contribution in [0.5, 0.6) is 0 Å². The van der Waals surface area contributed by atoms with Crippen LogP contribution in [0.3, 0.4) is 0 Å². The highest BCUT2D eigenvalue weighted by atomic mass is 16.4. The molecule has 2 aromatic carbocycles. The van der Waals surface area contributed by atoms with E-state index in [1.165, 1.54) is 0 Å². The third kappa shape index (κ3) is 5.35. The van der Waals surface area contributed by atoms with Crippen molar-refractivity contribution in [1.82, 2.24) is 15.3 Å². The van der Waals surface area contributed by atoms with Gasteiger partial charge in [-0.15, -0.1) is 0 Å². The molecule has 154 valence electrons. The summed E-state index contributed by atoms with van der Waals surface area (Å²) >= 11 is 0. The minimum Gasteiger partial charge on any atom is -0.480 e. The van der Waals surface area contributed by atoms with E-state index in [4.69, 9.17) is 5.26 Å².